The Morgan fingerprint density at radius 3 is 2.36 bits per heavy atom. The minimum absolute atomic E-state index is 0.0562. The first-order chi connectivity index (χ1) is 6.67. The second-order valence-corrected chi connectivity index (χ2v) is 4.01. The SMILES string of the molecule is OCC(CO)Cc1cc(Cl)ccc1Cl. The molecule has 0 aromatic heterocycles. The fraction of sp³-hybridized carbons (Fsp3) is 0.400. The molecule has 0 spiro atoms. The van der Waals surface area contributed by atoms with Crippen molar-refractivity contribution in [1.29, 1.82) is 0 Å². The van der Waals surface area contributed by atoms with Crippen LogP contribution in [0.5, 0.6) is 0 Å². The lowest BCUT2D eigenvalue weighted by Gasteiger charge is -2.11. The number of aliphatic hydroxyl groups is 2. The highest BCUT2D eigenvalue weighted by Gasteiger charge is 2.10. The van der Waals surface area contributed by atoms with Gasteiger partial charge in [-0.25, -0.2) is 0 Å². The summed E-state index contributed by atoms with van der Waals surface area (Å²) in [4.78, 5) is 0. The van der Waals surface area contributed by atoms with Gasteiger partial charge in [-0.1, -0.05) is 23.2 Å². The van der Waals surface area contributed by atoms with Crippen molar-refractivity contribution in [3.63, 3.8) is 0 Å². The Bertz CT molecular complexity index is 298. The zero-order valence-electron chi connectivity index (χ0n) is 7.58. The highest BCUT2D eigenvalue weighted by atomic mass is 35.5. The summed E-state index contributed by atoms with van der Waals surface area (Å²) in [7, 11) is 0. The van der Waals surface area contributed by atoms with Crippen molar-refractivity contribution in [3.05, 3.63) is 33.8 Å². The highest BCUT2D eigenvalue weighted by Crippen LogP contribution is 2.23. The molecule has 4 heteroatoms. The monoisotopic (exact) mass is 234 g/mol. The number of benzene rings is 1. The molecule has 0 aliphatic carbocycles. The summed E-state index contributed by atoms with van der Waals surface area (Å²) in [6, 6.07) is 5.17. The molecule has 0 amide bonds. The maximum absolute atomic E-state index is 8.91. The lowest BCUT2D eigenvalue weighted by Crippen LogP contribution is -2.14. The molecule has 0 bridgehead atoms. The van der Waals surface area contributed by atoms with E-state index in [0.29, 0.717) is 16.5 Å². The molecule has 0 saturated heterocycles. The molecule has 0 aliphatic rings. The van der Waals surface area contributed by atoms with E-state index in [1.165, 1.54) is 0 Å². The van der Waals surface area contributed by atoms with Gasteiger partial charge in [-0.05, 0) is 30.2 Å². The molecule has 0 radical (unpaired) electrons. The molecular formula is C10H12Cl2O2. The minimum Gasteiger partial charge on any atom is -0.396 e. The van der Waals surface area contributed by atoms with Crippen LogP contribution in [-0.4, -0.2) is 23.4 Å². The third-order valence-corrected chi connectivity index (χ3v) is 2.64. The van der Waals surface area contributed by atoms with E-state index in [9.17, 15) is 0 Å². The first-order valence-electron chi connectivity index (χ1n) is 4.33. The summed E-state index contributed by atoms with van der Waals surface area (Å²) in [6.45, 7) is -0.112. The molecule has 1 aromatic rings. The van der Waals surface area contributed by atoms with Gasteiger partial charge in [0.15, 0.2) is 0 Å². The summed E-state index contributed by atoms with van der Waals surface area (Å²) < 4.78 is 0. The quantitative estimate of drug-likeness (QED) is 0.839. The van der Waals surface area contributed by atoms with Crippen LogP contribution in [0.2, 0.25) is 10.0 Å². The molecule has 0 unspecified atom stereocenters. The molecular weight excluding hydrogens is 223 g/mol. The van der Waals surface area contributed by atoms with Crippen molar-refractivity contribution in [2.45, 2.75) is 6.42 Å². The first-order valence-corrected chi connectivity index (χ1v) is 5.08. The Morgan fingerprint density at radius 1 is 1.14 bits per heavy atom. The Hall–Kier alpha value is -0.280. The smallest absolute Gasteiger partial charge is 0.0484 e. The Morgan fingerprint density at radius 2 is 1.79 bits per heavy atom. The van der Waals surface area contributed by atoms with Gasteiger partial charge in [-0.3, -0.25) is 0 Å². The highest BCUT2D eigenvalue weighted by molar-refractivity contribution is 6.33. The van der Waals surface area contributed by atoms with Crippen molar-refractivity contribution < 1.29 is 10.2 Å². The van der Waals surface area contributed by atoms with Gasteiger partial charge >= 0.3 is 0 Å². The van der Waals surface area contributed by atoms with Gasteiger partial charge in [0.05, 0.1) is 0 Å². The van der Waals surface area contributed by atoms with Gasteiger partial charge in [-0.15, -0.1) is 0 Å². The van der Waals surface area contributed by atoms with Crippen molar-refractivity contribution in [1.82, 2.24) is 0 Å². The molecule has 2 nitrogen and oxygen atoms in total. The van der Waals surface area contributed by atoms with E-state index >= 15 is 0 Å². The molecule has 2 N–H and O–H groups in total. The maximum Gasteiger partial charge on any atom is 0.0484 e. The molecule has 78 valence electrons. The average molecular weight is 235 g/mol. The Labute approximate surface area is 93.1 Å². The molecule has 0 heterocycles. The molecule has 0 fully saturated rings. The Balaban J connectivity index is 2.79. The standard InChI is InChI=1S/C10H12Cl2O2/c11-9-1-2-10(12)8(4-9)3-7(5-13)6-14/h1-2,4,7,13-14H,3,5-6H2. The van der Waals surface area contributed by atoms with E-state index in [2.05, 4.69) is 0 Å². The predicted octanol–water partition coefficient (Wildman–Crippen LogP) is 2.14. The number of aliphatic hydroxyl groups excluding tert-OH is 2. The van der Waals surface area contributed by atoms with Crippen LogP contribution in [0.3, 0.4) is 0 Å². The number of halogens is 2. The Kier molecular flexibility index (Phi) is 4.69. The van der Waals surface area contributed by atoms with Gasteiger partial charge in [0.25, 0.3) is 0 Å². The zero-order valence-corrected chi connectivity index (χ0v) is 9.09. The van der Waals surface area contributed by atoms with Gasteiger partial charge in [0, 0.05) is 29.2 Å². The van der Waals surface area contributed by atoms with Crippen molar-refractivity contribution in [3.8, 4) is 0 Å². The molecule has 0 saturated carbocycles. The van der Waals surface area contributed by atoms with Crippen LogP contribution in [0, 0.1) is 5.92 Å². The molecule has 14 heavy (non-hydrogen) atoms. The molecule has 0 aliphatic heterocycles. The summed E-state index contributed by atoms with van der Waals surface area (Å²) in [5, 5.41) is 19.0. The third kappa shape index (κ3) is 3.14. The topological polar surface area (TPSA) is 40.5 Å². The summed E-state index contributed by atoms with van der Waals surface area (Å²) >= 11 is 11.7. The van der Waals surface area contributed by atoms with E-state index in [1.807, 2.05) is 0 Å². The van der Waals surface area contributed by atoms with Gasteiger partial charge in [0.1, 0.15) is 0 Å². The second-order valence-electron chi connectivity index (χ2n) is 3.17. The van der Waals surface area contributed by atoms with Crippen LogP contribution in [0.25, 0.3) is 0 Å². The van der Waals surface area contributed by atoms with Crippen LogP contribution in [0.15, 0.2) is 18.2 Å². The zero-order chi connectivity index (χ0) is 10.6. The summed E-state index contributed by atoms with van der Waals surface area (Å²) in [6.07, 6.45) is 0.534. The molecule has 0 atom stereocenters. The fourth-order valence-electron chi connectivity index (χ4n) is 1.20. The van der Waals surface area contributed by atoms with Crippen LogP contribution in [0.4, 0.5) is 0 Å². The van der Waals surface area contributed by atoms with Gasteiger partial charge in [0.2, 0.25) is 0 Å². The largest absolute Gasteiger partial charge is 0.396 e. The van der Waals surface area contributed by atoms with E-state index in [4.69, 9.17) is 33.4 Å². The van der Waals surface area contributed by atoms with E-state index in [-0.39, 0.29) is 19.1 Å². The van der Waals surface area contributed by atoms with Crippen LogP contribution in [-0.2, 0) is 6.42 Å². The number of rotatable bonds is 4. The van der Waals surface area contributed by atoms with Crippen molar-refractivity contribution >= 4 is 23.2 Å². The summed E-state index contributed by atoms with van der Waals surface area (Å²) in [5.74, 6) is -0.175. The average Bonchev–Trinajstić information content (AvgIpc) is 2.19. The first kappa shape index (κ1) is 11.8. The number of hydrogen-bond donors (Lipinski definition) is 2. The van der Waals surface area contributed by atoms with Gasteiger partial charge in [-0.2, -0.15) is 0 Å². The predicted molar refractivity (Wildman–Crippen MR) is 57.8 cm³/mol. The molecule has 1 aromatic carbocycles. The van der Waals surface area contributed by atoms with Crippen LogP contribution >= 0.6 is 23.2 Å². The van der Waals surface area contributed by atoms with Gasteiger partial charge < -0.3 is 10.2 Å². The van der Waals surface area contributed by atoms with Crippen molar-refractivity contribution in [2.75, 3.05) is 13.2 Å². The second kappa shape index (κ2) is 5.56. The van der Waals surface area contributed by atoms with Crippen molar-refractivity contribution in [2.24, 2.45) is 5.92 Å². The normalized spacial score (nSPS) is 10.9. The fourth-order valence-corrected chi connectivity index (χ4v) is 1.59. The minimum atomic E-state index is -0.175. The lowest BCUT2D eigenvalue weighted by molar-refractivity contribution is 0.150. The van der Waals surface area contributed by atoms with E-state index < -0.39 is 0 Å². The number of hydrogen-bond acceptors (Lipinski definition) is 2. The summed E-state index contributed by atoms with van der Waals surface area (Å²) in [5.41, 5.74) is 0.854. The van der Waals surface area contributed by atoms with E-state index in [1.54, 1.807) is 18.2 Å². The third-order valence-electron chi connectivity index (χ3n) is 2.03. The molecule has 1 rings (SSSR count). The van der Waals surface area contributed by atoms with Crippen LogP contribution < -0.4 is 0 Å². The maximum atomic E-state index is 8.91. The lowest BCUT2D eigenvalue weighted by atomic mass is 10.0. The van der Waals surface area contributed by atoms with Crippen LogP contribution in [0.1, 0.15) is 5.56 Å². The van der Waals surface area contributed by atoms with E-state index in [0.717, 1.165) is 5.56 Å².